The minimum Gasteiger partial charge on any atom is -0.480 e. The van der Waals surface area contributed by atoms with Gasteiger partial charge in [-0.3, -0.25) is 0 Å². The van der Waals surface area contributed by atoms with Gasteiger partial charge in [0.1, 0.15) is 18.4 Å². The van der Waals surface area contributed by atoms with Crippen molar-refractivity contribution in [3.63, 3.8) is 0 Å². The fraction of sp³-hybridized carbons (Fsp3) is 0.667. The van der Waals surface area contributed by atoms with Crippen LogP contribution in [0.25, 0.3) is 0 Å². The molecule has 1 fully saturated rings. The van der Waals surface area contributed by atoms with E-state index in [2.05, 4.69) is 5.10 Å². The predicted molar refractivity (Wildman–Crippen MR) is 75.0 cm³/mol. The lowest BCUT2D eigenvalue weighted by Crippen LogP contribution is -2.38. The van der Waals surface area contributed by atoms with E-state index in [9.17, 15) is 31.5 Å². The number of rotatable bonds is 4. The van der Waals surface area contributed by atoms with Crippen molar-refractivity contribution >= 4 is 21.6 Å². The summed E-state index contributed by atoms with van der Waals surface area (Å²) >= 11 is 0. The molecule has 0 aliphatic carbocycles. The van der Waals surface area contributed by atoms with Crippen LogP contribution in [0.1, 0.15) is 12.1 Å². The van der Waals surface area contributed by atoms with Gasteiger partial charge in [-0.2, -0.15) is 18.3 Å². The average molecular weight is 355 g/mol. The Morgan fingerprint density at radius 3 is 2.57 bits per heavy atom. The van der Waals surface area contributed by atoms with Crippen molar-refractivity contribution in [1.82, 2.24) is 9.78 Å². The van der Waals surface area contributed by atoms with Crippen LogP contribution in [0.4, 0.5) is 19.0 Å². The number of nitrogens with zero attached hydrogens (tertiary/aromatic N) is 3. The van der Waals surface area contributed by atoms with Gasteiger partial charge in [0, 0.05) is 18.9 Å². The van der Waals surface area contributed by atoms with Crippen molar-refractivity contribution in [3.05, 3.63) is 11.8 Å². The van der Waals surface area contributed by atoms with Gasteiger partial charge < -0.3 is 10.0 Å². The number of carboxylic acids is 1. The Balaban J connectivity index is 2.41. The molecule has 130 valence electrons. The van der Waals surface area contributed by atoms with Crippen molar-refractivity contribution in [2.75, 3.05) is 17.7 Å². The average Bonchev–Trinajstić information content (AvgIpc) is 2.89. The summed E-state index contributed by atoms with van der Waals surface area (Å²) in [7, 11) is -3.51. The molecule has 7 nitrogen and oxygen atoms in total. The third-order valence-electron chi connectivity index (χ3n) is 3.66. The van der Waals surface area contributed by atoms with Gasteiger partial charge in [0.25, 0.3) is 0 Å². The molecular weight excluding hydrogens is 339 g/mol. The van der Waals surface area contributed by atoms with E-state index in [1.807, 2.05) is 0 Å². The zero-order valence-electron chi connectivity index (χ0n) is 12.4. The van der Waals surface area contributed by atoms with Crippen molar-refractivity contribution in [2.24, 2.45) is 0 Å². The number of aryl methyl sites for hydroxylation is 1. The van der Waals surface area contributed by atoms with Crippen LogP contribution in [0, 0.1) is 6.92 Å². The van der Waals surface area contributed by atoms with Crippen LogP contribution in [0.5, 0.6) is 0 Å². The summed E-state index contributed by atoms with van der Waals surface area (Å²) in [5.74, 6) is -1.33. The first-order valence-corrected chi connectivity index (χ1v) is 8.63. The molecule has 23 heavy (non-hydrogen) atoms. The first-order valence-electron chi connectivity index (χ1n) is 6.68. The van der Waals surface area contributed by atoms with Crippen LogP contribution in [0.15, 0.2) is 6.07 Å². The first-order chi connectivity index (χ1) is 10.4. The normalized spacial score (nSPS) is 22.6. The first kappa shape index (κ1) is 17.6. The number of aliphatic carboxylic acids is 1. The second-order valence-electron chi connectivity index (χ2n) is 5.61. The summed E-state index contributed by atoms with van der Waals surface area (Å²) in [4.78, 5) is 12.5. The van der Waals surface area contributed by atoms with Crippen LogP contribution in [-0.2, 0) is 21.2 Å². The van der Waals surface area contributed by atoms with Crippen LogP contribution in [0.3, 0.4) is 0 Å². The van der Waals surface area contributed by atoms with Crippen molar-refractivity contribution in [3.8, 4) is 0 Å². The van der Waals surface area contributed by atoms with Crippen molar-refractivity contribution < 1.29 is 31.5 Å². The summed E-state index contributed by atoms with van der Waals surface area (Å²) in [6.07, 6.45) is -3.72. The smallest absolute Gasteiger partial charge is 0.408 e. The van der Waals surface area contributed by atoms with E-state index in [0.29, 0.717) is 4.68 Å². The molecule has 1 N–H and O–H groups in total. The molecule has 2 atom stereocenters. The third-order valence-corrected chi connectivity index (χ3v) is 5.21. The highest BCUT2D eigenvalue weighted by atomic mass is 32.2. The van der Waals surface area contributed by atoms with Gasteiger partial charge in [-0.05, 0) is 13.3 Å². The molecule has 0 amide bonds. The summed E-state index contributed by atoms with van der Waals surface area (Å²) < 4.78 is 62.0. The minimum atomic E-state index is -4.53. The molecule has 0 aromatic carbocycles. The van der Waals surface area contributed by atoms with Gasteiger partial charge in [0.2, 0.25) is 0 Å². The van der Waals surface area contributed by atoms with E-state index in [1.165, 1.54) is 17.9 Å². The van der Waals surface area contributed by atoms with E-state index < -0.39 is 39.8 Å². The van der Waals surface area contributed by atoms with Gasteiger partial charge >= 0.3 is 12.1 Å². The molecule has 2 heterocycles. The zero-order chi connectivity index (χ0) is 17.6. The quantitative estimate of drug-likeness (QED) is 0.860. The molecule has 1 aliphatic rings. The van der Waals surface area contributed by atoms with Gasteiger partial charge in [0.15, 0.2) is 9.84 Å². The van der Waals surface area contributed by atoms with Gasteiger partial charge in [-0.15, -0.1) is 0 Å². The Hall–Kier alpha value is -1.78. The molecule has 0 spiro atoms. The molecule has 0 unspecified atom stereocenters. The minimum absolute atomic E-state index is 0.0432. The fourth-order valence-corrected chi connectivity index (χ4v) is 3.61. The summed E-state index contributed by atoms with van der Waals surface area (Å²) in [6.45, 7) is -0.0718. The van der Waals surface area contributed by atoms with Gasteiger partial charge in [0.05, 0.1) is 10.9 Å². The highest BCUT2D eigenvalue weighted by molar-refractivity contribution is 7.91. The summed E-state index contributed by atoms with van der Waals surface area (Å²) in [5.41, 5.74) is 0.288. The lowest BCUT2D eigenvalue weighted by molar-refractivity contribution is -0.142. The maximum Gasteiger partial charge on any atom is 0.408 e. The maximum absolute atomic E-state index is 12.6. The fourth-order valence-electron chi connectivity index (χ4n) is 2.64. The number of carbonyl (C=O) groups is 1. The predicted octanol–water partition coefficient (Wildman–Crippen LogP) is 0.830. The molecule has 2 rings (SSSR count). The standard InChI is InChI=1S/C12H16F3N3O4S/c1-7-3-10(18(16-7)6-12(13,14)15)17-5-8(23(2,21)22)4-9(17)11(19)20/h3,8-9H,4-6H2,1-2H3,(H,19,20)/t8-,9+/m1/s1. The number of halogens is 3. The number of hydrogen-bond acceptors (Lipinski definition) is 5. The Labute approximate surface area is 130 Å². The number of anilines is 1. The number of sulfone groups is 1. The summed E-state index contributed by atoms with van der Waals surface area (Å²) in [6, 6.07) is 0.115. The number of hydrogen-bond donors (Lipinski definition) is 1. The van der Waals surface area contributed by atoms with E-state index in [-0.39, 0.29) is 24.5 Å². The maximum atomic E-state index is 12.6. The molecule has 1 aromatic rings. The molecule has 1 aliphatic heterocycles. The molecule has 0 saturated carbocycles. The largest absolute Gasteiger partial charge is 0.480 e. The second kappa shape index (κ2) is 5.69. The van der Waals surface area contributed by atoms with E-state index in [4.69, 9.17) is 0 Å². The second-order valence-corrected chi connectivity index (χ2v) is 7.94. The Kier molecular flexibility index (Phi) is 4.35. The molecular formula is C12H16F3N3O4S. The Morgan fingerprint density at radius 2 is 2.09 bits per heavy atom. The van der Waals surface area contributed by atoms with Crippen LogP contribution >= 0.6 is 0 Å². The Morgan fingerprint density at radius 1 is 1.48 bits per heavy atom. The van der Waals surface area contributed by atoms with Crippen molar-refractivity contribution in [2.45, 2.75) is 37.4 Å². The SMILES string of the molecule is Cc1cc(N2C[C@H](S(C)(=O)=O)C[C@H]2C(=O)O)n(CC(F)(F)F)n1. The third kappa shape index (κ3) is 3.95. The topological polar surface area (TPSA) is 92.5 Å². The van der Waals surface area contributed by atoms with Gasteiger partial charge in [-0.25, -0.2) is 17.9 Å². The van der Waals surface area contributed by atoms with Crippen LogP contribution in [-0.4, -0.2) is 59.5 Å². The number of carboxylic acid groups (broad SMARTS) is 1. The lowest BCUT2D eigenvalue weighted by Gasteiger charge is -2.24. The highest BCUT2D eigenvalue weighted by Gasteiger charge is 2.43. The molecule has 0 radical (unpaired) electrons. The summed E-state index contributed by atoms with van der Waals surface area (Å²) in [5, 5.41) is 12.1. The van der Waals surface area contributed by atoms with E-state index >= 15 is 0 Å². The molecule has 0 bridgehead atoms. The lowest BCUT2D eigenvalue weighted by atomic mass is 10.2. The molecule has 1 aromatic heterocycles. The van der Waals surface area contributed by atoms with Crippen LogP contribution in [0.2, 0.25) is 0 Å². The highest BCUT2D eigenvalue weighted by Crippen LogP contribution is 2.31. The van der Waals surface area contributed by atoms with E-state index in [1.54, 1.807) is 0 Å². The van der Waals surface area contributed by atoms with E-state index in [0.717, 1.165) is 6.26 Å². The molecule has 1 saturated heterocycles. The Bertz CT molecular complexity index is 714. The number of aromatic nitrogens is 2. The number of alkyl halides is 3. The zero-order valence-corrected chi connectivity index (χ0v) is 13.2. The monoisotopic (exact) mass is 355 g/mol. The van der Waals surface area contributed by atoms with Gasteiger partial charge in [-0.1, -0.05) is 0 Å². The molecule has 11 heteroatoms. The van der Waals surface area contributed by atoms with Crippen LogP contribution < -0.4 is 4.90 Å². The van der Waals surface area contributed by atoms with Crippen molar-refractivity contribution in [1.29, 1.82) is 0 Å².